The molecule has 20 heavy (non-hydrogen) atoms. The van der Waals surface area contributed by atoms with E-state index in [0.29, 0.717) is 13.0 Å². The van der Waals surface area contributed by atoms with E-state index in [2.05, 4.69) is 10.6 Å². The van der Waals surface area contributed by atoms with Gasteiger partial charge in [-0.05, 0) is 30.2 Å². The van der Waals surface area contributed by atoms with Crippen LogP contribution in [-0.2, 0) is 11.2 Å². The fraction of sp³-hybridized carbons (Fsp3) is 0.500. The molecule has 2 N–H and O–H groups in total. The Morgan fingerprint density at radius 2 is 2.30 bits per heavy atom. The van der Waals surface area contributed by atoms with Crippen LogP contribution in [0.2, 0.25) is 0 Å². The predicted molar refractivity (Wildman–Crippen MR) is 80.5 cm³/mol. The van der Waals surface area contributed by atoms with Crippen molar-refractivity contribution in [1.29, 1.82) is 0 Å². The van der Waals surface area contributed by atoms with E-state index in [0.717, 1.165) is 28.7 Å². The Labute approximate surface area is 123 Å². The van der Waals surface area contributed by atoms with Crippen molar-refractivity contribution in [2.45, 2.75) is 12.5 Å². The molecule has 1 atom stereocenters. The maximum absolute atomic E-state index is 11.9. The fourth-order valence-corrected chi connectivity index (χ4v) is 3.03. The number of amides is 1. The van der Waals surface area contributed by atoms with Gasteiger partial charge in [0.1, 0.15) is 11.5 Å². The summed E-state index contributed by atoms with van der Waals surface area (Å²) in [5, 5.41) is 6.10. The Bertz CT molecular complexity index is 462. The molecule has 1 heterocycles. The number of ether oxygens (including phenoxy) is 2. The van der Waals surface area contributed by atoms with Gasteiger partial charge in [-0.1, -0.05) is 0 Å². The molecule has 1 aromatic rings. The van der Waals surface area contributed by atoms with Gasteiger partial charge in [0, 0.05) is 18.2 Å². The molecule has 5 nitrogen and oxygen atoms in total. The first-order valence-electron chi connectivity index (χ1n) is 6.54. The molecule has 1 aromatic carbocycles. The molecule has 0 aromatic heterocycles. The zero-order valence-electron chi connectivity index (χ0n) is 11.8. The lowest BCUT2D eigenvalue weighted by Crippen LogP contribution is -2.42. The lowest BCUT2D eigenvalue weighted by molar-refractivity contribution is -0.122. The molecule has 1 aliphatic heterocycles. The van der Waals surface area contributed by atoms with E-state index < -0.39 is 0 Å². The van der Waals surface area contributed by atoms with Crippen LogP contribution in [0.25, 0.3) is 0 Å². The largest absolute Gasteiger partial charge is 0.497 e. The number of benzene rings is 1. The number of hydrogen-bond donors (Lipinski definition) is 2. The van der Waals surface area contributed by atoms with Crippen molar-refractivity contribution in [1.82, 2.24) is 10.6 Å². The van der Waals surface area contributed by atoms with Crippen LogP contribution in [0.4, 0.5) is 0 Å². The van der Waals surface area contributed by atoms with Crippen molar-refractivity contribution in [2.24, 2.45) is 0 Å². The number of hydrogen-bond acceptors (Lipinski definition) is 5. The van der Waals surface area contributed by atoms with Crippen molar-refractivity contribution >= 4 is 17.7 Å². The Morgan fingerprint density at radius 3 is 2.95 bits per heavy atom. The van der Waals surface area contributed by atoms with Crippen LogP contribution in [0, 0.1) is 0 Å². The number of carbonyl (C=O) groups is 1. The molecule has 1 aliphatic rings. The van der Waals surface area contributed by atoms with Gasteiger partial charge in [-0.25, -0.2) is 0 Å². The monoisotopic (exact) mass is 296 g/mol. The summed E-state index contributed by atoms with van der Waals surface area (Å²) in [4.78, 5) is 11.9. The highest BCUT2D eigenvalue weighted by atomic mass is 32.2. The molecular weight excluding hydrogens is 276 g/mol. The van der Waals surface area contributed by atoms with E-state index in [-0.39, 0.29) is 11.9 Å². The second-order valence-electron chi connectivity index (χ2n) is 4.49. The highest BCUT2D eigenvalue weighted by Crippen LogP contribution is 2.24. The molecule has 1 fully saturated rings. The predicted octanol–water partition coefficient (Wildman–Crippen LogP) is 1.02. The number of thioether (sulfide) groups is 1. The molecule has 0 bridgehead atoms. The molecule has 2 rings (SSSR count). The highest BCUT2D eigenvalue weighted by molar-refractivity contribution is 7.99. The lowest BCUT2D eigenvalue weighted by atomic mass is 10.1. The molecular formula is C14H20N2O3S. The number of methoxy groups -OCH3 is 2. The van der Waals surface area contributed by atoms with E-state index in [1.807, 2.05) is 18.2 Å². The van der Waals surface area contributed by atoms with Gasteiger partial charge in [0.2, 0.25) is 5.91 Å². The van der Waals surface area contributed by atoms with E-state index in [1.165, 1.54) is 0 Å². The second kappa shape index (κ2) is 7.40. The van der Waals surface area contributed by atoms with Gasteiger partial charge >= 0.3 is 0 Å². The molecule has 1 unspecified atom stereocenters. The molecule has 0 spiro atoms. The first-order valence-corrected chi connectivity index (χ1v) is 7.70. The second-order valence-corrected chi connectivity index (χ2v) is 5.52. The lowest BCUT2D eigenvalue weighted by Gasteiger charge is -2.13. The first-order chi connectivity index (χ1) is 9.74. The fourth-order valence-electron chi connectivity index (χ4n) is 2.08. The van der Waals surface area contributed by atoms with E-state index in [4.69, 9.17) is 9.47 Å². The average Bonchev–Trinajstić information content (AvgIpc) is 3.01. The summed E-state index contributed by atoms with van der Waals surface area (Å²) in [5.41, 5.74) is 1.03. The summed E-state index contributed by atoms with van der Waals surface area (Å²) in [7, 11) is 3.28. The molecule has 1 amide bonds. The smallest absolute Gasteiger partial charge is 0.238 e. The minimum atomic E-state index is -0.0628. The Hall–Kier alpha value is -1.40. The molecule has 6 heteroatoms. The van der Waals surface area contributed by atoms with Gasteiger partial charge in [0.15, 0.2) is 0 Å². The summed E-state index contributed by atoms with van der Waals surface area (Å²) in [6, 6.07) is 5.62. The van der Waals surface area contributed by atoms with Gasteiger partial charge in [-0.2, -0.15) is 0 Å². The van der Waals surface area contributed by atoms with Crippen molar-refractivity contribution in [2.75, 3.05) is 32.4 Å². The van der Waals surface area contributed by atoms with Crippen molar-refractivity contribution < 1.29 is 14.3 Å². The van der Waals surface area contributed by atoms with Gasteiger partial charge in [-0.3, -0.25) is 10.1 Å². The van der Waals surface area contributed by atoms with E-state index in [1.54, 1.807) is 26.0 Å². The van der Waals surface area contributed by atoms with Gasteiger partial charge < -0.3 is 14.8 Å². The Morgan fingerprint density at radius 1 is 1.45 bits per heavy atom. The first kappa shape index (κ1) is 15.0. The number of carbonyl (C=O) groups excluding carboxylic acids is 1. The molecule has 0 saturated carbocycles. The van der Waals surface area contributed by atoms with E-state index in [9.17, 15) is 4.79 Å². The minimum absolute atomic E-state index is 0.0628. The normalized spacial score (nSPS) is 17.8. The summed E-state index contributed by atoms with van der Waals surface area (Å²) in [6.45, 7) is 0.588. The van der Waals surface area contributed by atoms with Crippen molar-refractivity contribution in [3.05, 3.63) is 23.8 Å². The molecule has 110 valence electrons. The minimum Gasteiger partial charge on any atom is -0.497 e. The number of rotatable bonds is 6. The third-order valence-corrected chi connectivity index (χ3v) is 4.15. The topological polar surface area (TPSA) is 59.6 Å². The van der Waals surface area contributed by atoms with Gasteiger partial charge in [-0.15, -0.1) is 11.8 Å². The Balaban J connectivity index is 1.87. The van der Waals surface area contributed by atoms with Crippen LogP contribution in [0.1, 0.15) is 5.56 Å². The molecule has 1 saturated heterocycles. The Kier molecular flexibility index (Phi) is 5.55. The maximum Gasteiger partial charge on any atom is 0.238 e. The quantitative estimate of drug-likeness (QED) is 0.821. The highest BCUT2D eigenvalue weighted by Gasteiger charge is 2.21. The summed E-state index contributed by atoms with van der Waals surface area (Å²) < 4.78 is 10.5. The maximum atomic E-state index is 11.9. The third-order valence-electron chi connectivity index (χ3n) is 3.21. The summed E-state index contributed by atoms with van der Waals surface area (Å²) >= 11 is 1.74. The standard InChI is InChI=1S/C14H20N2O3S/c1-18-11-3-4-13(19-2)10(7-11)5-6-15-14(17)12-8-20-9-16-12/h3-4,7,12,16H,5-6,8-9H2,1-2H3,(H,15,17). The SMILES string of the molecule is COc1ccc(OC)c(CCNC(=O)C2CSCN2)c1. The van der Waals surface area contributed by atoms with Gasteiger partial charge in [0.25, 0.3) is 0 Å². The van der Waals surface area contributed by atoms with Crippen LogP contribution in [0.5, 0.6) is 11.5 Å². The van der Waals surface area contributed by atoms with Crippen molar-refractivity contribution in [3.63, 3.8) is 0 Å². The van der Waals surface area contributed by atoms with E-state index >= 15 is 0 Å². The van der Waals surface area contributed by atoms with Crippen LogP contribution in [-0.4, -0.2) is 44.3 Å². The van der Waals surface area contributed by atoms with Crippen LogP contribution in [0.15, 0.2) is 18.2 Å². The van der Waals surface area contributed by atoms with Crippen LogP contribution < -0.4 is 20.1 Å². The molecule has 0 radical (unpaired) electrons. The zero-order chi connectivity index (χ0) is 14.4. The van der Waals surface area contributed by atoms with Gasteiger partial charge in [0.05, 0.1) is 20.3 Å². The summed E-state index contributed by atoms with van der Waals surface area (Å²) in [5.74, 6) is 3.36. The van der Waals surface area contributed by atoms with Crippen LogP contribution >= 0.6 is 11.8 Å². The number of nitrogens with one attached hydrogen (secondary N) is 2. The zero-order valence-corrected chi connectivity index (χ0v) is 12.6. The summed E-state index contributed by atoms with van der Waals surface area (Å²) in [6.07, 6.45) is 0.714. The van der Waals surface area contributed by atoms with Crippen LogP contribution in [0.3, 0.4) is 0 Å². The average molecular weight is 296 g/mol. The molecule has 0 aliphatic carbocycles. The van der Waals surface area contributed by atoms with Crippen molar-refractivity contribution in [3.8, 4) is 11.5 Å². The third kappa shape index (κ3) is 3.80.